The molecular weight excluding hydrogens is 307 g/mol. The lowest BCUT2D eigenvalue weighted by Gasteiger charge is -2.22. The van der Waals surface area contributed by atoms with E-state index < -0.39 is 15.8 Å². The molecule has 1 heterocycles. The van der Waals surface area contributed by atoms with E-state index in [2.05, 4.69) is 4.98 Å². The summed E-state index contributed by atoms with van der Waals surface area (Å²) in [7, 11) is -2.30. The summed E-state index contributed by atoms with van der Waals surface area (Å²) in [6.07, 6.45) is 3.19. The van der Waals surface area contributed by atoms with Gasteiger partial charge in [-0.2, -0.15) is 4.31 Å². The molecule has 0 radical (unpaired) electrons. The van der Waals surface area contributed by atoms with Gasteiger partial charge in [0.2, 0.25) is 10.0 Å². The lowest BCUT2D eigenvalue weighted by atomic mass is 10.3. The maximum Gasteiger partial charge on any atom is 0.243 e. The lowest BCUT2D eigenvalue weighted by molar-refractivity contribution is 0.177. The van der Waals surface area contributed by atoms with Crippen LogP contribution in [-0.4, -0.2) is 38.0 Å². The topological polar surface area (TPSA) is 59.5 Å². The first-order valence-electron chi connectivity index (χ1n) is 6.67. The zero-order chi connectivity index (χ0) is 16.0. The Morgan fingerprint density at radius 2 is 1.95 bits per heavy atom. The molecule has 0 spiro atoms. The molecule has 22 heavy (non-hydrogen) atoms. The Hall–Kier alpha value is -1.83. The maximum absolute atomic E-state index is 13.3. The van der Waals surface area contributed by atoms with Crippen molar-refractivity contribution in [3.05, 3.63) is 60.2 Å². The molecule has 0 aliphatic rings. The molecule has 0 fully saturated rings. The summed E-state index contributed by atoms with van der Waals surface area (Å²) >= 11 is 0. The van der Waals surface area contributed by atoms with Gasteiger partial charge in [-0.1, -0.05) is 6.07 Å². The van der Waals surface area contributed by atoms with E-state index in [0.717, 1.165) is 11.6 Å². The van der Waals surface area contributed by atoms with Crippen LogP contribution in [0.25, 0.3) is 0 Å². The molecule has 0 unspecified atom stereocenters. The van der Waals surface area contributed by atoms with Crippen LogP contribution in [0.3, 0.4) is 0 Å². The minimum Gasteiger partial charge on any atom is -0.383 e. The van der Waals surface area contributed by atoms with Crippen molar-refractivity contribution >= 4 is 10.0 Å². The Morgan fingerprint density at radius 1 is 1.23 bits per heavy atom. The highest BCUT2D eigenvalue weighted by Crippen LogP contribution is 2.19. The highest BCUT2D eigenvalue weighted by molar-refractivity contribution is 7.89. The second-order valence-electron chi connectivity index (χ2n) is 4.64. The average Bonchev–Trinajstić information content (AvgIpc) is 2.52. The number of halogens is 1. The monoisotopic (exact) mass is 324 g/mol. The minimum atomic E-state index is -3.80. The van der Waals surface area contributed by atoms with Crippen LogP contribution in [0, 0.1) is 5.82 Å². The first-order valence-corrected chi connectivity index (χ1v) is 8.11. The number of hydrogen-bond acceptors (Lipinski definition) is 4. The molecule has 1 aromatic heterocycles. The summed E-state index contributed by atoms with van der Waals surface area (Å²) in [5, 5.41) is 0. The Morgan fingerprint density at radius 3 is 2.59 bits per heavy atom. The van der Waals surface area contributed by atoms with Gasteiger partial charge in [-0.25, -0.2) is 12.8 Å². The second-order valence-corrected chi connectivity index (χ2v) is 6.58. The van der Waals surface area contributed by atoms with Crippen molar-refractivity contribution in [1.29, 1.82) is 0 Å². The summed E-state index contributed by atoms with van der Waals surface area (Å²) in [5.41, 5.74) is 0.797. The molecule has 0 saturated carbocycles. The SMILES string of the molecule is COCCN(Cc1ccncc1)S(=O)(=O)c1cccc(F)c1. The summed E-state index contributed by atoms with van der Waals surface area (Å²) in [4.78, 5) is 3.83. The molecule has 0 amide bonds. The Balaban J connectivity index is 2.31. The number of hydrogen-bond donors (Lipinski definition) is 0. The van der Waals surface area contributed by atoms with Crippen molar-refractivity contribution in [3.63, 3.8) is 0 Å². The fourth-order valence-electron chi connectivity index (χ4n) is 1.95. The van der Waals surface area contributed by atoms with E-state index in [1.165, 1.54) is 29.6 Å². The number of pyridine rings is 1. The van der Waals surface area contributed by atoms with Crippen molar-refractivity contribution in [2.45, 2.75) is 11.4 Å². The Labute approximate surface area is 129 Å². The van der Waals surface area contributed by atoms with E-state index in [0.29, 0.717) is 0 Å². The third kappa shape index (κ3) is 4.09. The predicted molar refractivity (Wildman–Crippen MR) is 80.1 cm³/mol. The quantitative estimate of drug-likeness (QED) is 0.782. The summed E-state index contributed by atoms with van der Waals surface area (Å²) < 4.78 is 44.9. The predicted octanol–water partition coefficient (Wildman–Crippen LogP) is 2.06. The van der Waals surface area contributed by atoms with Gasteiger partial charge in [-0.05, 0) is 35.9 Å². The third-order valence-corrected chi connectivity index (χ3v) is 4.93. The third-order valence-electron chi connectivity index (χ3n) is 3.09. The molecule has 2 rings (SSSR count). The van der Waals surface area contributed by atoms with Gasteiger partial charge in [0.05, 0.1) is 11.5 Å². The highest BCUT2D eigenvalue weighted by atomic mass is 32.2. The number of rotatable bonds is 7. The second kappa shape index (κ2) is 7.44. The molecule has 0 aliphatic carbocycles. The number of aromatic nitrogens is 1. The van der Waals surface area contributed by atoms with E-state index in [1.807, 2.05) is 0 Å². The van der Waals surface area contributed by atoms with Crippen LogP contribution < -0.4 is 0 Å². The summed E-state index contributed by atoms with van der Waals surface area (Å²) in [5.74, 6) is -0.586. The molecule has 0 aliphatic heterocycles. The molecule has 7 heteroatoms. The van der Waals surface area contributed by atoms with Crippen molar-refractivity contribution in [1.82, 2.24) is 9.29 Å². The molecule has 0 N–H and O–H groups in total. The van der Waals surface area contributed by atoms with E-state index >= 15 is 0 Å². The molecule has 5 nitrogen and oxygen atoms in total. The summed E-state index contributed by atoms with van der Waals surface area (Å²) in [6, 6.07) is 8.46. The number of nitrogens with zero attached hydrogens (tertiary/aromatic N) is 2. The van der Waals surface area contributed by atoms with Crippen LogP contribution in [0.1, 0.15) is 5.56 Å². The van der Waals surface area contributed by atoms with Crippen molar-refractivity contribution in [2.75, 3.05) is 20.3 Å². The smallest absolute Gasteiger partial charge is 0.243 e. The lowest BCUT2D eigenvalue weighted by Crippen LogP contribution is -2.33. The summed E-state index contributed by atoms with van der Waals surface area (Å²) in [6.45, 7) is 0.599. The molecule has 0 bridgehead atoms. The molecule has 0 atom stereocenters. The van der Waals surface area contributed by atoms with Crippen molar-refractivity contribution in [2.24, 2.45) is 0 Å². The van der Waals surface area contributed by atoms with Crippen LogP contribution in [0.5, 0.6) is 0 Å². The number of benzene rings is 1. The van der Waals surface area contributed by atoms with Gasteiger partial charge in [-0.15, -0.1) is 0 Å². The number of ether oxygens (including phenoxy) is 1. The van der Waals surface area contributed by atoms with Gasteiger partial charge in [0.1, 0.15) is 5.82 Å². The average molecular weight is 324 g/mol. The van der Waals surface area contributed by atoms with Crippen LogP contribution >= 0.6 is 0 Å². The maximum atomic E-state index is 13.3. The van der Waals surface area contributed by atoms with Crippen LogP contribution in [0.4, 0.5) is 4.39 Å². The van der Waals surface area contributed by atoms with E-state index in [9.17, 15) is 12.8 Å². The molecular formula is C15H17FN2O3S. The molecule has 2 aromatic rings. The zero-order valence-electron chi connectivity index (χ0n) is 12.1. The van der Waals surface area contributed by atoms with Gasteiger partial charge in [0, 0.05) is 32.6 Å². The van der Waals surface area contributed by atoms with Crippen LogP contribution in [0.2, 0.25) is 0 Å². The standard InChI is InChI=1S/C15H17FN2O3S/c1-21-10-9-18(12-13-5-7-17-8-6-13)22(19,20)15-4-2-3-14(16)11-15/h2-8,11H,9-10,12H2,1H3. The van der Waals surface area contributed by atoms with E-state index in [-0.39, 0.29) is 24.6 Å². The Kier molecular flexibility index (Phi) is 5.59. The van der Waals surface area contributed by atoms with Gasteiger partial charge in [-0.3, -0.25) is 4.98 Å². The van der Waals surface area contributed by atoms with Crippen LogP contribution in [0.15, 0.2) is 53.7 Å². The van der Waals surface area contributed by atoms with E-state index in [4.69, 9.17) is 4.74 Å². The number of methoxy groups -OCH3 is 1. The Bertz CT molecular complexity index is 708. The van der Waals surface area contributed by atoms with Gasteiger partial charge < -0.3 is 4.74 Å². The largest absolute Gasteiger partial charge is 0.383 e. The normalized spacial score (nSPS) is 11.8. The number of sulfonamides is 1. The van der Waals surface area contributed by atoms with E-state index in [1.54, 1.807) is 24.5 Å². The highest BCUT2D eigenvalue weighted by Gasteiger charge is 2.24. The fourth-order valence-corrected chi connectivity index (χ4v) is 3.39. The zero-order valence-corrected chi connectivity index (χ0v) is 13.0. The van der Waals surface area contributed by atoms with Crippen molar-refractivity contribution < 1.29 is 17.5 Å². The van der Waals surface area contributed by atoms with Crippen LogP contribution in [-0.2, 0) is 21.3 Å². The first-order chi connectivity index (χ1) is 10.5. The molecule has 1 aromatic carbocycles. The first kappa shape index (κ1) is 16.5. The van der Waals surface area contributed by atoms with Gasteiger partial charge in [0.15, 0.2) is 0 Å². The minimum absolute atomic E-state index is 0.0716. The van der Waals surface area contributed by atoms with Gasteiger partial charge >= 0.3 is 0 Å². The molecule has 0 saturated heterocycles. The molecule has 118 valence electrons. The van der Waals surface area contributed by atoms with Gasteiger partial charge in [0.25, 0.3) is 0 Å². The van der Waals surface area contributed by atoms with Crippen molar-refractivity contribution in [3.8, 4) is 0 Å². The fraction of sp³-hybridized carbons (Fsp3) is 0.267.